The molecule has 0 fully saturated rings. The Kier molecular flexibility index (Phi) is 3.09. The number of aryl methyl sites for hydroxylation is 2. The van der Waals surface area contributed by atoms with Crippen LogP contribution in [0.2, 0.25) is 0 Å². The Morgan fingerprint density at radius 3 is 2.89 bits per heavy atom. The molecule has 4 nitrogen and oxygen atoms in total. The van der Waals surface area contributed by atoms with Gasteiger partial charge in [-0.05, 0) is 13.3 Å². The van der Waals surface area contributed by atoms with E-state index in [9.17, 15) is 0 Å². The number of fused-ring (bicyclic) bond motifs is 1. The lowest BCUT2D eigenvalue weighted by molar-refractivity contribution is 0.754. The number of aromatic nitrogens is 3. The zero-order valence-electron chi connectivity index (χ0n) is 10.7. The predicted octanol–water partition coefficient (Wildman–Crippen LogP) is 2.00. The SMILES string of the molecule is CCc1nc(Cc2nc(C)cs2)nc2c1CNC2. The molecule has 3 heterocycles. The van der Waals surface area contributed by atoms with E-state index in [0.717, 1.165) is 42.5 Å². The molecule has 0 aliphatic carbocycles. The molecule has 0 spiro atoms. The van der Waals surface area contributed by atoms with Crippen molar-refractivity contribution in [2.45, 2.75) is 39.8 Å². The third kappa shape index (κ3) is 2.15. The molecule has 1 aliphatic heterocycles. The smallest absolute Gasteiger partial charge is 0.135 e. The Labute approximate surface area is 111 Å². The largest absolute Gasteiger partial charge is 0.307 e. The Morgan fingerprint density at radius 1 is 1.28 bits per heavy atom. The van der Waals surface area contributed by atoms with E-state index in [1.54, 1.807) is 11.3 Å². The molecule has 0 saturated carbocycles. The highest BCUT2D eigenvalue weighted by Gasteiger charge is 2.18. The Balaban J connectivity index is 1.93. The second kappa shape index (κ2) is 4.74. The van der Waals surface area contributed by atoms with E-state index in [2.05, 4.69) is 32.6 Å². The molecule has 5 heteroatoms. The summed E-state index contributed by atoms with van der Waals surface area (Å²) < 4.78 is 0. The topological polar surface area (TPSA) is 50.7 Å². The van der Waals surface area contributed by atoms with Gasteiger partial charge in [-0.25, -0.2) is 15.0 Å². The Hall–Kier alpha value is -1.33. The summed E-state index contributed by atoms with van der Waals surface area (Å²) in [6.07, 6.45) is 1.72. The third-order valence-electron chi connectivity index (χ3n) is 3.13. The van der Waals surface area contributed by atoms with E-state index in [1.807, 2.05) is 6.92 Å². The standard InChI is InChI=1S/C13H16N4S/c1-3-10-9-5-14-6-11(9)17-12(16-10)4-13-15-8(2)7-18-13/h7,14H,3-6H2,1-2H3. The monoisotopic (exact) mass is 260 g/mol. The number of rotatable bonds is 3. The molecule has 0 saturated heterocycles. The van der Waals surface area contributed by atoms with E-state index >= 15 is 0 Å². The van der Waals surface area contributed by atoms with Crippen LogP contribution in [0.25, 0.3) is 0 Å². The van der Waals surface area contributed by atoms with Crippen LogP contribution in [-0.4, -0.2) is 15.0 Å². The first-order chi connectivity index (χ1) is 8.76. The maximum atomic E-state index is 4.68. The van der Waals surface area contributed by atoms with Crippen LogP contribution in [0.4, 0.5) is 0 Å². The predicted molar refractivity (Wildman–Crippen MR) is 71.6 cm³/mol. The van der Waals surface area contributed by atoms with Crippen LogP contribution in [-0.2, 0) is 25.9 Å². The van der Waals surface area contributed by atoms with Crippen LogP contribution in [0.5, 0.6) is 0 Å². The summed E-state index contributed by atoms with van der Waals surface area (Å²) in [7, 11) is 0. The van der Waals surface area contributed by atoms with Crippen LogP contribution < -0.4 is 5.32 Å². The lowest BCUT2D eigenvalue weighted by Crippen LogP contribution is -2.06. The number of nitrogens with one attached hydrogen (secondary N) is 1. The molecule has 0 bridgehead atoms. The number of hydrogen-bond acceptors (Lipinski definition) is 5. The molecule has 0 atom stereocenters. The zero-order valence-corrected chi connectivity index (χ0v) is 11.5. The van der Waals surface area contributed by atoms with Gasteiger partial charge in [0.2, 0.25) is 0 Å². The molecule has 0 amide bonds. The molecule has 0 radical (unpaired) electrons. The van der Waals surface area contributed by atoms with E-state index in [0.29, 0.717) is 0 Å². The summed E-state index contributed by atoms with van der Waals surface area (Å²) >= 11 is 1.68. The summed E-state index contributed by atoms with van der Waals surface area (Å²) in [5.41, 5.74) is 4.74. The summed E-state index contributed by atoms with van der Waals surface area (Å²) in [5, 5.41) is 6.51. The van der Waals surface area contributed by atoms with Crippen LogP contribution >= 0.6 is 11.3 Å². The average Bonchev–Trinajstić information content (AvgIpc) is 2.97. The van der Waals surface area contributed by atoms with Gasteiger partial charge in [-0.3, -0.25) is 0 Å². The lowest BCUT2D eigenvalue weighted by atomic mass is 10.1. The van der Waals surface area contributed by atoms with Crippen molar-refractivity contribution in [2.75, 3.05) is 0 Å². The third-order valence-corrected chi connectivity index (χ3v) is 4.10. The second-order valence-corrected chi connectivity index (χ2v) is 5.47. The Morgan fingerprint density at radius 2 is 2.17 bits per heavy atom. The van der Waals surface area contributed by atoms with Crippen molar-refractivity contribution >= 4 is 11.3 Å². The minimum atomic E-state index is 0.749. The highest BCUT2D eigenvalue weighted by molar-refractivity contribution is 7.09. The van der Waals surface area contributed by atoms with E-state index in [1.165, 1.54) is 17.0 Å². The first kappa shape index (κ1) is 11.7. The minimum Gasteiger partial charge on any atom is -0.307 e. The van der Waals surface area contributed by atoms with Gasteiger partial charge in [0, 0.05) is 35.4 Å². The maximum Gasteiger partial charge on any atom is 0.135 e. The first-order valence-corrected chi connectivity index (χ1v) is 7.13. The molecule has 2 aromatic rings. The summed E-state index contributed by atoms with van der Waals surface area (Å²) in [5.74, 6) is 0.906. The van der Waals surface area contributed by atoms with Crippen molar-refractivity contribution in [3.05, 3.63) is 38.9 Å². The normalized spacial score (nSPS) is 13.9. The van der Waals surface area contributed by atoms with Gasteiger partial charge in [-0.2, -0.15) is 0 Å². The second-order valence-electron chi connectivity index (χ2n) is 4.53. The van der Waals surface area contributed by atoms with Gasteiger partial charge in [0.05, 0.1) is 12.1 Å². The van der Waals surface area contributed by atoms with Gasteiger partial charge >= 0.3 is 0 Å². The molecule has 2 aromatic heterocycles. The van der Waals surface area contributed by atoms with Gasteiger partial charge in [0.25, 0.3) is 0 Å². The highest BCUT2D eigenvalue weighted by atomic mass is 32.1. The van der Waals surface area contributed by atoms with Gasteiger partial charge < -0.3 is 5.32 Å². The van der Waals surface area contributed by atoms with E-state index in [4.69, 9.17) is 0 Å². The lowest BCUT2D eigenvalue weighted by Gasteiger charge is -2.06. The number of thiazole rings is 1. The van der Waals surface area contributed by atoms with Crippen LogP contribution in [0, 0.1) is 6.92 Å². The number of nitrogens with zero attached hydrogens (tertiary/aromatic N) is 3. The fourth-order valence-corrected chi connectivity index (χ4v) is 3.05. The fraction of sp³-hybridized carbons (Fsp3) is 0.462. The van der Waals surface area contributed by atoms with Crippen LogP contribution in [0.15, 0.2) is 5.38 Å². The van der Waals surface area contributed by atoms with Gasteiger partial charge in [0.15, 0.2) is 0 Å². The van der Waals surface area contributed by atoms with Crippen molar-refractivity contribution in [3.63, 3.8) is 0 Å². The van der Waals surface area contributed by atoms with Crippen molar-refractivity contribution in [2.24, 2.45) is 0 Å². The van der Waals surface area contributed by atoms with Crippen LogP contribution in [0.3, 0.4) is 0 Å². The molecule has 1 N–H and O–H groups in total. The highest BCUT2D eigenvalue weighted by Crippen LogP contribution is 2.19. The van der Waals surface area contributed by atoms with E-state index in [-0.39, 0.29) is 0 Å². The Bertz CT molecular complexity index is 576. The molecule has 3 rings (SSSR count). The van der Waals surface area contributed by atoms with Gasteiger partial charge in [0.1, 0.15) is 10.8 Å². The molecule has 94 valence electrons. The summed E-state index contributed by atoms with van der Waals surface area (Å²) in [4.78, 5) is 13.8. The first-order valence-electron chi connectivity index (χ1n) is 6.25. The average molecular weight is 260 g/mol. The molecule has 1 aliphatic rings. The maximum absolute atomic E-state index is 4.68. The molecular weight excluding hydrogens is 244 g/mol. The zero-order chi connectivity index (χ0) is 12.5. The molecular formula is C13H16N4S. The minimum absolute atomic E-state index is 0.749. The van der Waals surface area contributed by atoms with Gasteiger partial charge in [-0.1, -0.05) is 6.92 Å². The van der Waals surface area contributed by atoms with Crippen molar-refractivity contribution < 1.29 is 0 Å². The van der Waals surface area contributed by atoms with E-state index < -0.39 is 0 Å². The van der Waals surface area contributed by atoms with Crippen molar-refractivity contribution in [3.8, 4) is 0 Å². The van der Waals surface area contributed by atoms with Gasteiger partial charge in [-0.15, -0.1) is 11.3 Å². The molecule has 0 aromatic carbocycles. The molecule has 0 unspecified atom stereocenters. The van der Waals surface area contributed by atoms with Crippen molar-refractivity contribution in [1.29, 1.82) is 0 Å². The van der Waals surface area contributed by atoms with Crippen molar-refractivity contribution in [1.82, 2.24) is 20.3 Å². The summed E-state index contributed by atoms with van der Waals surface area (Å²) in [6, 6.07) is 0. The summed E-state index contributed by atoms with van der Waals surface area (Å²) in [6.45, 7) is 5.95. The van der Waals surface area contributed by atoms with Crippen LogP contribution in [0.1, 0.15) is 40.4 Å². The quantitative estimate of drug-likeness (QED) is 0.917. The fourth-order valence-electron chi connectivity index (χ4n) is 2.28. The molecule has 18 heavy (non-hydrogen) atoms. The number of hydrogen-bond donors (Lipinski definition) is 1.